The van der Waals surface area contributed by atoms with Crippen molar-refractivity contribution in [3.05, 3.63) is 49.8 Å². The minimum Gasteiger partial charge on any atom is -0.308 e. The Labute approximate surface area is 136 Å². The largest absolute Gasteiger partial charge is 0.308 e. The fraction of sp³-hybridized carbons (Fsp3) is 0.357. The third-order valence-corrected chi connectivity index (χ3v) is 4.51. The monoisotopic (exact) mass is 433 g/mol. The molecule has 1 aromatic carbocycles. The molecule has 5 heteroatoms. The zero-order chi connectivity index (χ0) is 13.8. The first-order valence-electron chi connectivity index (χ1n) is 6.31. The fourth-order valence-corrected chi connectivity index (χ4v) is 3.21. The Kier molecular flexibility index (Phi) is 5.41. The summed E-state index contributed by atoms with van der Waals surface area (Å²) in [6, 6.07) is 8.63. The van der Waals surface area contributed by atoms with Gasteiger partial charge in [0.05, 0.1) is 11.7 Å². The van der Waals surface area contributed by atoms with Gasteiger partial charge < -0.3 is 5.32 Å². The zero-order valence-electron chi connectivity index (χ0n) is 11.0. The average molecular weight is 434 g/mol. The van der Waals surface area contributed by atoms with Gasteiger partial charge in [-0.25, -0.2) is 0 Å². The van der Waals surface area contributed by atoms with Crippen molar-refractivity contribution in [1.29, 1.82) is 0 Å². The lowest BCUT2D eigenvalue weighted by Crippen LogP contribution is -2.22. The van der Waals surface area contributed by atoms with Crippen LogP contribution in [0.1, 0.15) is 30.6 Å². The van der Waals surface area contributed by atoms with E-state index in [4.69, 9.17) is 0 Å². The van der Waals surface area contributed by atoms with E-state index in [9.17, 15) is 0 Å². The lowest BCUT2D eigenvalue weighted by molar-refractivity contribution is 0.534. The number of rotatable bonds is 5. The minimum absolute atomic E-state index is 0.165. The minimum atomic E-state index is 0.165. The Hall–Kier alpha value is -0.400. The molecule has 2 aromatic rings. The van der Waals surface area contributed by atoms with Gasteiger partial charge in [-0.2, -0.15) is 5.10 Å². The second-order valence-electron chi connectivity index (χ2n) is 4.37. The number of aryl methyl sites for hydroxylation is 1. The first kappa shape index (κ1) is 15.0. The molecule has 0 saturated heterocycles. The van der Waals surface area contributed by atoms with Gasteiger partial charge >= 0.3 is 0 Å². The van der Waals surface area contributed by atoms with Gasteiger partial charge in [-0.1, -0.05) is 22.9 Å². The number of halogens is 2. The van der Waals surface area contributed by atoms with Gasteiger partial charge in [-0.05, 0) is 65.9 Å². The van der Waals surface area contributed by atoms with Crippen molar-refractivity contribution >= 4 is 38.5 Å². The molecule has 0 amide bonds. The molecule has 1 N–H and O–H groups in total. The Morgan fingerprint density at radius 1 is 1.42 bits per heavy atom. The van der Waals surface area contributed by atoms with E-state index in [1.54, 1.807) is 0 Å². The van der Waals surface area contributed by atoms with Crippen molar-refractivity contribution in [2.24, 2.45) is 0 Å². The van der Waals surface area contributed by atoms with Crippen LogP contribution < -0.4 is 5.32 Å². The Balaban J connectivity index is 2.44. The van der Waals surface area contributed by atoms with Crippen LogP contribution in [0.2, 0.25) is 0 Å². The summed E-state index contributed by atoms with van der Waals surface area (Å²) >= 11 is 5.94. The van der Waals surface area contributed by atoms with Crippen LogP contribution >= 0.6 is 38.5 Å². The third-order valence-electron chi connectivity index (χ3n) is 3.04. The maximum Gasteiger partial charge on any atom is 0.0756 e. The predicted molar refractivity (Wildman–Crippen MR) is 90.3 cm³/mol. The van der Waals surface area contributed by atoms with Crippen LogP contribution in [0.15, 0.2) is 34.9 Å². The van der Waals surface area contributed by atoms with Gasteiger partial charge in [0.1, 0.15) is 0 Å². The van der Waals surface area contributed by atoms with E-state index in [0.717, 1.165) is 17.4 Å². The highest BCUT2D eigenvalue weighted by atomic mass is 127. The molecule has 1 heterocycles. The van der Waals surface area contributed by atoms with Crippen molar-refractivity contribution in [3.8, 4) is 0 Å². The van der Waals surface area contributed by atoms with Crippen LogP contribution in [-0.2, 0) is 6.54 Å². The van der Waals surface area contributed by atoms with Gasteiger partial charge in [0.15, 0.2) is 0 Å². The number of benzene rings is 1. The quantitative estimate of drug-likeness (QED) is 0.723. The second-order valence-corrected chi connectivity index (χ2v) is 6.44. The van der Waals surface area contributed by atoms with Crippen LogP contribution in [0.25, 0.3) is 0 Å². The molecular weight excluding hydrogens is 417 g/mol. The zero-order valence-corrected chi connectivity index (χ0v) is 14.8. The van der Waals surface area contributed by atoms with E-state index in [1.807, 2.05) is 13.2 Å². The number of nitrogens with zero attached hydrogens (tertiary/aromatic N) is 2. The van der Waals surface area contributed by atoms with Crippen molar-refractivity contribution in [2.45, 2.75) is 25.9 Å². The molecule has 19 heavy (non-hydrogen) atoms. The van der Waals surface area contributed by atoms with E-state index in [-0.39, 0.29) is 6.04 Å². The molecule has 0 bridgehead atoms. The van der Waals surface area contributed by atoms with Crippen molar-refractivity contribution < 1.29 is 0 Å². The van der Waals surface area contributed by atoms with Gasteiger partial charge in [0.2, 0.25) is 0 Å². The van der Waals surface area contributed by atoms with Gasteiger partial charge in [-0.15, -0.1) is 0 Å². The van der Waals surface area contributed by atoms with E-state index in [2.05, 4.69) is 84.8 Å². The molecule has 0 aliphatic rings. The summed E-state index contributed by atoms with van der Waals surface area (Å²) in [6.45, 7) is 3.12. The van der Waals surface area contributed by atoms with Crippen LogP contribution in [0.5, 0.6) is 0 Å². The highest BCUT2D eigenvalue weighted by molar-refractivity contribution is 14.1. The standard InChI is InChI=1S/C14H17BrIN3/c1-3-8-19-13(6-7-18-19)14(17-2)11-9-10(15)4-5-12(11)16/h4-7,9,14,17H,3,8H2,1-2H3. The smallest absolute Gasteiger partial charge is 0.0756 e. The lowest BCUT2D eigenvalue weighted by atomic mass is 10.0. The maximum absolute atomic E-state index is 4.41. The highest BCUT2D eigenvalue weighted by Crippen LogP contribution is 2.28. The summed E-state index contributed by atoms with van der Waals surface area (Å²) in [4.78, 5) is 0. The third kappa shape index (κ3) is 3.38. The van der Waals surface area contributed by atoms with Crippen molar-refractivity contribution in [3.63, 3.8) is 0 Å². The number of hydrogen-bond donors (Lipinski definition) is 1. The molecule has 1 unspecified atom stereocenters. The van der Waals surface area contributed by atoms with E-state index in [1.165, 1.54) is 14.8 Å². The van der Waals surface area contributed by atoms with Gasteiger partial charge in [0, 0.05) is 20.8 Å². The van der Waals surface area contributed by atoms with Crippen LogP contribution in [0.4, 0.5) is 0 Å². The van der Waals surface area contributed by atoms with Crippen molar-refractivity contribution in [1.82, 2.24) is 15.1 Å². The normalized spacial score (nSPS) is 12.6. The first-order chi connectivity index (χ1) is 9.17. The van der Waals surface area contributed by atoms with E-state index < -0.39 is 0 Å². The summed E-state index contributed by atoms with van der Waals surface area (Å²) in [7, 11) is 1.99. The molecule has 0 spiro atoms. The topological polar surface area (TPSA) is 29.9 Å². The van der Waals surface area contributed by atoms with Gasteiger partial charge in [0.25, 0.3) is 0 Å². The molecule has 3 nitrogen and oxygen atoms in total. The SMILES string of the molecule is CCCn1nccc1C(NC)c1cc(Br)ccc1I. The molecule has 2 rings (SSSR count). The highest BCUT2D eigenvalue weighted by Gasteiger charge is 2.19. The molecule has 1 atom stereocenters. The average Bonchev–Trinajstić information content (AvgIpc) is 2.83. The van der Waals surface area contributed by atoms with E-state index >= 15 is 0 Å². The molecular formula is C14H17BrIN3. The number of aromatic nitrogens is 2. The van der Waals surface area contributed by atoms with Gasteiger partial charge in [-0.3, -0.25) is 4.68 Å². The van der Waals surface area contributed by atoms with Crippen LogP contribution in [0, 0.1) is 3.57 Å². The second kappa shape index (κ2) is 6.85. The maximum atomic E-state index is 4.41. The summed E-state index contributed by atoms with van der Waals surface area (Å²) < 4.78 is 4.44. The summed E-state index contributed by atoms with van der Waals surface area (Å²) in [5.74, 6) is 0. The molecule has 0 fully saturated rings. The number of hydrogen-bond acceptors (Lipinski definition) is 2. The molecule has 0 saturated carbocycles. The van der Waals surface area contributed by atoms with Crippen LogP contribution in [0.3, 0.4) is 0 Å². The fourth-order valence-electron chi connectivity index (χ4n) is 2.19. The summed E-state index contributed by atoms with van der Waals surface area (Å²) in [6.07, 6.45) is 2.96. The molecule has 0 radical (unpaired) electrons. The summed E-state index contributed by atoms with van der Waals surface area (Å²) in [5.41, 5.74) is 2.48. The van der Waals surface area contributed by atoms with E-state index in [0.29, 0.717) is 0 Å². The van der Waals surface area contributed by atoms with Crippen LogP contribution in [-0.4, -0.2) is 16.8 Å². The molecule has 0 aliphatic carbocycles. The number of nitrogens with one attached hydrogen (secondary N) is 1. The Morgan fingerprint density at radius 3 is 2.89 bits per heavy atom. The Bertz CT molecular complexity index is 553. The Morgan fingerprint density at radius 2 is 2.21 bits per heavy atom. The lowest BCUT2D eigenvalue weighted by Gasteiger charge is -2.20. The predicted octanol–water partition coefficient (Wildman–Crippen LogP) is 3.97. The molecule has 102 valence electrons. The van der Waals surface area contributed by atoms with Crippen molar-refractivity contribution in [2.75, 3.05) is 7.05 Å². The molecule has 1 aromatic heterocycles. The summed E-state index contributed by atoms with van der Waals surface area (Å²) in [5, 5.41) is 7.82. The first-order valence-corrected chi connectivity index (χ1v) is 8.18. The molecule has 0 aliphatic heterocycles.